The van der Waals surface area contributed by atoms with E-state index in [1.165, 1.54) is 89.9 Å². The van der Waals surface area contributed by atoms with Gasteiger partial charge >= 0.3 is 0 Å². The standard InChI is InChI=1S/C57H103NO18/c1-3-5-7-9-11-13-15-17-19-21-22-24-26-28-30-32-34-41(62)40(58-45(63)35-33-31-29-27-25-23-20-18-16-14-12-10-8-6-4-2)39-71-55-51(69)48(66)53(43(37-60)73-55)76-57-52(70)49(67)54(44(38-61)74-57)75-56-50(68)47(65)46(64)42(36-59)72-56/h12,14,18,20,32,34,40-44,46-57,59-62,64-70H,3-11,13,15-17,19,21-31,33,35-39H2,1-2H3,(H,58,63)/b14-12-,20-18-,34-32+. The van der Waals surface area contributed by atoms with E-state index in [0.717, 1.165) is 70.6 Å². The molecule has 0 aromatic heterocycles. The van der Waals surface area contributed by atoms with Gasteiger partial charge in [0.25, 0.3) is 0 Å². The zero-order valence-corrected chi connectivity index (χ0v) is 46.0. The molecule has 17 unspecified atom stereocenters. The number of aliphatic hydroxyl groups is 11. The zero-order valence-electron chi connectivity index (χ0n) is 46.0. The Morgan fingerprint density at radius 1 is 0.474 bits per heavy atom. The molecule has 3 aliphatic rings. The van der Waals surface area contributed by atoms with Crippen LogP contribution < -0.4 is 5.32 Å². The van der Waals surface area contributed by atoms with E-state index in [9.17, 15) is 61.0 Å². The lowest BCUT2D eigenvalue weighted by Gasteiger charge is -2.48. The van der Waals surface area contributed by atoms with Crippen molar-refractivity contribution in [3.63, 3.8) is 0 Å². The fraction of sp³-hybridized carbons (Fsp3) is 0.877. The number of amides is 1. The quantitative estimate of drug-likeness (QED) is 0.0295. The number of hydrogen-bond acceptors (Lipinski definition) is 18. The Balaban J connectivity index is 1.53. The molecule has 3 saturated heterocycles. The number of carbonyl (C=O) groups excluding carboxylic acids is 1. The minimum Gasteiger partial charge on any atom is -0.394 e. The summed E-state index contributed by atoms with van der Waals surface area (Å²) in [4.78, 5) is 13.3. The van der Waals surface area contributed by atoms with Crippen LogP contribution in [-0.2, 0) is 33.2 Å². The lowest BCUT2D eigenvalue weighted by atomic mass is 9.96. The lowest BCUT2D eigenvalue weighted by Crippen LogP contribution is -2.66. The van der Waals surface area contributed by atoms with Gasteiger partial charge in [-0.2, -0.15) is 0 Å². The van der Waals surface area contributed by atoms with Crippen LogP contribution in [0.4, 0.5) is 0 Å². The number of aliphatic hydroxyl groups excluding tert-OH is 11. The van der Waals surface area contributed by atoms with Crippen molar-refractivity contribution in [1.29, 1.82) is 0 Å². The third-order valence-corrected chi connectivity index (χ3v) is 14.7. The van der Waals surface area contributed by atoms with Crippen molar-refractivity contribution in [2.24, 2.45) is 0 Å². The van der Waals surface area contributed by atoms with Crippen molar-refractivity contribution >= 4 is 5.91 Å². The van der Waals surface area contributed by atoms with Gasteiger partial charge in [0, 0.05) is 6.42 Å². The molecule has 3 heterocycles. The maximum absolute atomic E-state index is 13.3. The van der Waals surface area contributed by atoms with Crippen molar-refractivity contribution in [2.75, 3.05) is 26.4 Å². The van der Waals surface area contributed by atoms with Gasteiger partial charge in [0.15, 0.2) is 18.9 Å². The zero-order chi connectivity index (χ0) is 55.5. The van der Waals surface area contributed by atoms with Gasteiger partial charge in [0.2, 0.25) is 5.91 Å². The predicted molar refractivity (Wildman–Crippen MR) is 286 cm³/mol. The van der Waals surface area contributed by atoms with Crippen molar-refractivity contribution in [3.8, 4) is 0 Å². The van der Waals surface area contributed by atoms with Crippen LogP contribution in [0, 0.1) is 0 Å². The molecular weight excluding hydrogens is 987 g/mol. The maximum Gasteiger partial charge on any atom is 0.220 e. The molecule has 76 heavy (non-hydrogen) atoms. The van der Waals surface area contributed by atoms with E-state index in [0.29, 0.717) is 6.42 Å². The van der Waals surface area contributed by atoms with E-state index >= 15 is 0 Å². The van der Waals surface area contributed by atoms with E-state index in [1.54, 1.807) is 6.08 Å². The third kappa shape index (κ3) is 25.2. The molecule has 0 aliphatic carbocycles. The minimum absolute atomic E-state index is 0.227. The van der Waals surface area contributed by atoms with Crippen LogP contribution in [-0.4, -0.2) is 193 Å². The van der Waals surface area contributed by atoms with E-state index in [1.807, 2.05) is 6.08 Å². The Kier molecular flexibility index (Phi) is 36.9. The number of nitrogens with one attached hydrogen (secondary N) is 1. The van der Waals surface area contributed by atoms with Gasteiger partial charge < -0.3 is 89.9 Å². The van der Waals surface area contributed by atoms with Crippen LogP contribution in [0.2, 0.25) is 0 Å². The van der Waals surface area contributed by atoms with Crippen LogP contribution in [0.3, 0.4) is 0 Å². The van der Waals surface area contributed by atoms with Crippen molar-refractivity contribution in [3.05, 3.63) is 36.5 Å². The molecule has 444 valence electrons. The highest BCUT2D eigenvalue weighted by Gasteiger charge is 2.53. The summed E-state index contributed by atoms with van der Waals surface area (Å²) >= 11 is 0. The predicted octanol–water partition coefficient (Wildman–Crippen LogP) is 4.54. The number of rotatable bonds is 42. The molecule has 0 spiro atoms. The average molecular weight is 1090 g/mol. The molecule has 19 heteroatoms. The molecule has 0 radical (unpaired) electrons. The molecule has 0 aromatic rings. The van der Waals surface area contributed by atoms with Gasteiger partial charge in [0.1, 0.15) is 73.2 Å². The Bertz CT molecular complexity index is 1540. The normalized spacial score (nSPS) is 31.2. The Hall–Kier alpha value is -1.99. The largest absolute Gasteiger partial charge is 0.394 e. The molecule has 1 amide bonds. The average Bonchev–Trinajstić information content (AvgIpc) is 3.41. The Morgan fingerprint density at radius 3 is 1.37 bits per heavy atom. The summed E-state index contributed by atoms with van der Waals surface area (Å²) in [5.41, 5.74) is 0. The molecule has 0 bridgehead atoms. The number of ether oxygens (including phenoxy) is 6. The molecule has 3 fully saturated rings. The van der Waals surface area contributed by atoms with Crippen LogP contribution in [0.25, 0.3) is 0 Å². The topological polar surface area (TPSA) is 307 Å². The lowest BCUT2D eigenvalue weighted by molar-refractivity contribution is -0.379. The van der Waals surface area contributed by atoms with Crippen LogP contribution in [0.5, 0.6) is 0 Å². The van der Waals surface area contributed by atoms with Gasteiger partial charge in [-0.05, 0) is 51.4 Å². The first-order valence-corrected chi connectivity index (χ1v) is 29.2. The SMILES string of the molecule is CCCCC/C=C\C/C=C\CCCCCCCC(=O)NC(COC1OC(CO)C(OC2OC(CO)C(OC3OC(CO)C(O)C(O)C3O)C(O)C2O)C(O)C1O)C(O)/C=C/CCCCCCCCCCCCCCCC. The molecular formula is C57H103NO18. The van der Waals surface area contributed by atoms with Gasteiger partial charge in [-0.15, -0.1) is 0 Å². The molecule has 3 rings (SSSR count). The second-order valence-corrected chi connectivity index (χ2v) is 21.1. The number of carbonyl (C=O) groups is 1. The van der Waals surface area contributed by atoms with Crippen molar-refractivity contribution < 1.29 is 89.4 Å². The maximum atomic E-state index is 13.3. The fourth-order valence-electron chi connectivity index (χ4n) is 9.81. The Labute approximate surface area is 453 Å². The summed E-state index contributed by atoms with van der Waals surface area (Å²) in [6, 6.07) is -0.978. The summed E-state index contributed by atoms with van der Waals surface area (Å²) in [6.07, 6.45) is 15.5. The summed E-state index contributed by atoms with van der Waals surface area (Å²) in [5.74, 6) is -0.291. The van der Waals surface area contributed by atoms with Crippen molar-refractivity contribution in [2.45, 2.75) is 291 Å². The molecule has 0 saturated carbocycles. The third-order valence-electron chi connectivity index (χ3n) is 14.7. The van der Waals surface area contributed by atoms with Crippen LogP contribution in [0.15, 0.2) is 36.5 Å². The molecule has 3 aliphatic heterocycles. The second-order valence-electron chi connectivity index (χ2n) is 21.1. The summed E-state index contributed by atoms with van der Waals surface area (Å²) < 4.78 is 34.2. The number of unbranched alkanes of at least 4 members (excludes halogenated alkanes) is 22. The highest BCUT2D eigenvalue weighted by atomic mass is 16.8. The van der Waals surface area contributed by atoms with E-state index in [2.05, 4.69) is 43.5 Å². The Morgan fingerprint density at radius 2 is 0.868 bits per heavy atom. The van der Waals surface area contributed by atoms with Crippen molar-refractivity contribution in [1.82, 2.24) is 5.32 Å². The first kappa shape index (κ1) is 68.3. The first-order valence-electron chi connectivity index (χ1n) is 29.2. The first-order chi connectivity index (χ1) is 36.8. The van der Waals surface area contributed by atoms with E-state index in [4.69, 9.17) is 28.4 Å². The highest BCUT2D eigenvalue weighted by Crippen LogP contribution is 2.33. The molecule has 12 N–H and O–H groups in total. The summed E-state index contributed by atoms with van der Waals surface area (Å²) in [6.45, 7) is 1.67. The van der Waals surface area contributed by atoms with Gasteiger partial charge in [-0.25, -0.2) is 0 Å². The monoisotopic (exact) mass is 1090 g/mol. The summed E-state index contributed by atoms with van der Waals surface area (Å²) in [7, 11) is 0. The minimum atomic E-state index is -1.98. The molecule has 17 atom stereocenters. The highest BCUT2D eigenvalue weighted by molar-refractivity contribution is 5.76. The second kappa shape index (κ2) is 41.1. The number of allylic oxidation sites excluding steroid dienone is 5. The van der Waals surface area contributed by atoms with Crippen LogP contribution in [0.1, 0.15) is 187 Å². The van der Waals surface area contributed by atoms with Gasteiger partial charge in [-0.3, -0.25) is 4.79 Å². The smallest absolute Gasteiger partial charge is 0.220 e. The molecule has 19 nitrogen and oxygen atoms in total. The van der Waals surface area contributed by atoms with E-state index < -0.39 is 124 Å². The fourth-order valence-corrected chi connectivity index (χ4v) is 9.81. The summed E-state index contributed by atoms with van der Waals surface area (Å²) in [5, 5.41) is 120. The van der Waals surface area contributed by atoms with Crippen LogP contribution >= 0.6 is 0 Å². The van der Waals surface area contributed by atoms with Gasteiger partial charge in [0.05, 0.1) is 38.6 Å². The van der Waals surface area contributed by atoms with Gasteiger partial charge in [-0.1, -0.05) is 166 Å². The number of hydrogen-bond donors (Lipinski definition) is 12. The molecule has 0 aromatic carbocycles. The van der Waals surface area contributed by atoms with E-state index in [-0.39, 0.29) is 18.9 Å².